The van der Waals surface area contributed by atoms with Gasteiger partial charge < -0.3 is 18.9 Å². The van der Waals surface area contributed by atoms with Crippen molar-refractivity contribution in [1.29, 1.82) is 0 Å². The summed E-state index contributed by atoms with van der Waals surface area (Å²) in [6, 6.07) is -0.000239. The molecule has 2 aliphatic heterocycles. The number of rotatable bonds is 3. The molecule has 134 valence electrons. The molecular formula is C18H22FN3O3. The molecule has 1 fully saturated rings. The molecule has 0 aliphatic carbocycles. The van der Waals surface area contributed by atoms with Crippen LogP contribution in [0.2, 0.25) is 0 Å². The number of likely N-dealkylation sites (tertiary alicyclic amines) is 1. The maximum absolute atomic E-state index is 14.4. The Hall–Kier alpha value is -2.57. The van der Waals surface area contributed by atoms with Crippen molar-refractivity contribution in [3.8, 4) is 0 Å². The van der Waals surface area contributed by atoms with Crippen LogP contribution in [0, 0.1) is 0 Å². The smallest absolute Gasteiger partial charge is 0.409 e. The van der Waals surface area contributed by atoms with E-state index in [0.717, 1.165) is 18.3 Å². The molecular weight excluding hydrogens is 325 g/mol. The highest BCUT2D eigenvalue weighted by Gasteiger charge is 2.33. The maximum Gasteiger partial charge on any atom is 0.409 e. The fourth-order valence-electron chi connectivity index (χ4n) is 3.46. The van der Waals surface area contributed by atoms with Gasteiger partial charge in [0.1, 0.15) is 28.9 Å². The summed E-state index contributed by atoms with van der Waals surface area (Å²) in [6.07, 6.45) is 3.10. The Labute approximate surface area is 145 Å². The van der Waals surface area contributed by atoms with Crippen LogP contribution in [0.25, 0.3) is 11.6 Å². The molecule has 3 heterocycles. The van der Waals surface area contributed by atoms with Gasteiger partial charge in [-0.2, -0.15) is 0 Å². The van der Waals surface area contributed by atoms with Gasteiger partial charge in [-0.3, -0.25) is 0 Å². The van der Waals surface area contributed by atoms with E-state index in [0.29, 0.717) is 30.8 Å². The summed E-state index contributed by atoms with van der Waals surface area (Å²) in [4.78, 5) is 18.0. The van der Waals surface area contributed by atoms with Crippen molar-refractivity contribution in [2.24, 2.45) is 0 Å². The van der Waals surface area contributed by atoms with E-state index >= 15 is 0 Å². The van der Waals surface area contributed by atoms with Crippen LogP contribution in [0.1, 0.15) is 31.1 Å². The molecule has 2 aliphatic rings. The highest BCUT2D eigenvalue weighted by atomic mass is 19.1. The van der Waals surface area contributed by atoms with E-state index in [1.165, 1.54) is 7.11 Å². The van der Waals surface area contributed by atoms with Crippen LogP contribution in [-0.2, 0) is 9.47 Å². The van der Waals surface area contributed by atoms with E-state index in [4.69, 9.17) is 9.47 Å². The molecule has 0 radical (unpaired) electrons. The Morgan fingerprint density at radius 1 is 1.48 bits per heavy atom. The van der Waals surface area contributed by atoms with Crippen LogP contribution in [0.15, 0.2) is 25.3 Å². The minimum atomic E-state index is -0.505. The number of nitrogens with zero attached hydrogens (tertiary/aromatic N) is 3. The molecule has 6 nitrogen and oxygen atoms in total. The van der Waals surface area contributed by atoms with Crippen LogP contribution in [-0.4, -0.2) is 47.4 Å². The lowest BCUT2D eigenvalue weighted by atomic mass is 10.1. The Morgan fingerprint density at radius 3 is 2.88 bits per heavy atom. The van der Waals surface area contributed by atoms with Gasteiger partial charge in [-0.1, -0.05) is 13.2 Å². The second-order valence-electron chi connectivity index (χ2n) is 6.22. The summed E-state index contributed by atoms with van der Waals surface area (Å²) in [5.74, 6) is 0.765. The van der Waals surface area contributed by atoms with Gasteiger partial charge in [0.25, 0.3) is 0 Å². The molecule has 0 aromatic carbocycles. The van der Waals surface area contributed by atoms with Crippen molar-refractivity contribution < 1.29 is 18.7 Å². The molecule has 1 amide bonds. The molecule has 2 atom stereocenters. The molecule has 25 heavy (non-hydrogen) atoms. The number of allylic oxidation sites excluding steroid dienone is 1. The predicted octanol–water partition coefficient (Wildman–Crippen LogP) is 1.59. The SMILES string of the molecule is C=CC1=c2/c(=C(/F)C=C)nc(C3CCN(C(=O)OC)C3)n2C(C)CO1. The van der Waals surface area contributed by atoms with Gasteiger partial charge in [0.2, 0.25) is 0 Å². The van der Waals surface area contributed by atoms with E-state index in [9.17, 15) is 9.18 Å². The number of fused-ring (bicyclic) bond motifs is 1. The van der Waals surface area contributed by atoms with Crippen molar-refractivity contribution in [3.05, 3.63) is 41.8 Å². The van der Waals surface area contributed by atoms with Gasteiger partial charge in [0.15, 0.2) is 5.83 Å². The van der Waals surface area contributed by atoms with Crippen molar-refractivity contribution in [3.63, 3.8) is 0 Å². The molecule has 0 bridgehead atoms. The molecule has 1 aromatic heterocycles. The standard InChI is InChI=1S/C18H22FN3O3/c1-5-13(19)15-16-14(6-2)25-10-11(3)22(16)17(20-15)12-7-8-21(9-12)18(23)24-4/h5-6,11-12H,1-2,7-10H2,3-4H3/b15-13-. The molecule has 2 unspecified atom stereocenters. The lowest BCUT2D eigenvalue weighted by molar-refractivity contribution is 0.132. The van der Waals surface area contributed by atoms with Gasteiger partial charge in [-0.15, -0.1) is 0 Å². The van der Waals surface area contributed by atoms with Gasteiger partial charge in [-0.25, -0.2) is 14.2 Å². The second kappa shape index (κ2) is 6.74. The summed E-state index contributed by atoms with van der Waals surface area (Å²) in [6.45, 7) is 10.8. The summed E-state index contributed by atoms with van der Waals surface area (Å²) in [7, 11) is 1.37. The van der Waals surface area contributed by atoms with Crippen LogP contribution in [0.5, 0.6) is 0 Å². The quantitative estimate of drug-likeness (QED) is 0.833. The topological polar surface area (TPSA) is 56.6 Å². The van der Waals surface area contributed by atoms with Crippen LogP contribution in [0.4, 0.5) is 9.18 Å². The van der Waals surface area contributed by atoms with Crippen molar-refractivity contribution >= 4 is 17.7 Å². The van der Waals surface area contributed by atoms with E-state index < -0.39 is 5.83 Å². The number of methoxy groups -OCH3 is 1. The Kier molecular flexibility index (Phi) is 4.65. The van der Waals surface area contributed by atoms with E-state index in [-0.39, 0.29) is 23.4 Å². The van der Waals surface area contributed by atoms with Gasteiger partial charge in [0, 0.05) is 19.0 Å². The average Bonchev–Trinajstić information content (AvgIpc) is 3.26. The largest absolute Gasteiger partial charge is 0.489 e. The number of amides is 1. The van der Waals surface area contributed by atoms with E-state index in [2.05, 4.69) is 18.1 Å². The van der Waals surface area contributed by atoms with Crippen molar-refractivity contribution in [2.75, 3.05) is 26.8 Å². The molecule has 1 saturated heterocycles. The van der Waals surface area contributed by atoms with Crippen LogP contribution >= 0.6 is 0 Å². The summed E-state index contributed by atoms with van der Waals surface area (Å²) in [5.41, 5.74) is 0. The highest BCUT2D eigenvalue weighted by Crippen LogP contribution is 2.28. The number of hydrogen-bond acceptors (Lipinski definition) is 4. The third-order valence-electron chi connectivity index (χ3n) is 4.67. The average molecular weight is 347 g/mol. The third-order valence-corrected chi connectivity index (χ3v) is 4.67. The maximum atomic E-state index is 14.4. The van der Waals surface area contributed by atoms with Crippen molar-refractivity contribution in [1.82, 2.24) is 14.5 Å². The minimum absolute atomic E-state index is 0.000239. The van der Waals surface area contributed by atoms with Gasteiger partial charge >= 0.3 is 6.09 Å². The first-order valence-electron chi connectivity index (χ1n) is 8.24. The second-order valence-corrected chi connectivity index (χ2v) is 6.22. The van der Waals surface area contributed by atoms with E-state index in [1.54, 1.807) is 11.0 Å². The minimum Gasteiger partial charge on any atom is -0.489 e. The molecule has 7 heteroatoms. The third kappa shape index (κ3) is 2.83. The molecule has 0 spiro atoms. The fourth-order valence-corrected chi connectivity index (χ4v) is 3.46. The zero-order valence-corrected chi connectivity index (χ0v) is 14.5. The Balaban J connectivity index is 2.18. The molecule has 0 saturated carbocycles. The number of ether oxygens (including phenoxy) is 2. The number of halogens is 1. The summed E-state index contributed by atoms with van der Waals surface area (Å²) in [5, 5.41) is 0.792. The lowest BCUT2D eigenvalue weighted by Crippen LogP contribution is -2.40. The highest BCUT2D eigenvalue weighted by molar-refractivity contribution is 5.67. The number of aromatic nitrogens is 2. The molecule has 0 N–H and O–H groups in total. The first-order valence-corrected chi connectivity index (χ1v) is 8.24. The number of carbonyl (C=O) groups excluding carboxylic acids is 1. The lowest BCUT2D eigenvalue weighted by Gasteiger charge is -2.25. The number of hydrogen-bond donors (Lipinski definition) is 0. The first-order chi connectivity index (χ1) is 12.0. The predicted molar refractivity (Wildman–Crippen MR) is 91.8 cm³/mol. The molecule has 1 aromatic rings. The van der Waals surface area contributed by atoms with Crippen LogP contribution < -0.4 is 10.7 Å². The normalized spacial score (nSPS) is 23.6. The summed E-state index contributed by atoms with van der Waals surface area (Å²) >= 11 is 0. The Morgan fingerprint density at radius 2 is 2.24 bits per heavy atom. The zero-order valence-electron chi connectivity index (χ0n) is 14.5. The monoisotopic (exact) mass is 347 g/mol. The van der Waals surface area contributed by atoms with Crippen molar-refractivity contribution in [2.45, 2.75) is 25.3 Å². The van der Waals surface area contributed by atoms with Gasteiger partial charge in [-0.05, 0) is 25.5 Å². The van der Waals surface area contributed by atoms with E-state index in [1.807, 2.05) is 11.5 Å². The number of carbonyl (C=O) groups is 1. The zero-order chi connectivity index (χ0) is 18.1. The fraction of sp³-hybridized carbons (Fsp3) is 0.444. The van der Waals surface area contributed by atoms with Gasteiger partial charge in [0.05, 0.1) is 13.2 Å². The molecule has 3 rings (SSSR count). The Bertz CT molecular complexity index is 842. The number of imidazole rings is 1. The first kappa shape index (κ1) is 17.3. The van der Waals surface area contributed by atoms with Crippen LogP contribution in [0.3, 0.4) is 0 Å². The summed E-state index contributed by atoms with van der Waals surface area (Å²) < 4.78 is 26.9.